The molecule has 4 rings (SSSR count). The molecule has 1 aromatic carbocycles. The standard InChI is InChI=1S/C21H26B3N5OS/c1-11-12(2)28-29-19-15(11)16-17(31-19)18(27-10-26-16)25-9-13-5-7-14(8-6-13)20(3,4)30-21(22,23)24/h5-8,10H,9,22-24H2,1-4H3,(H,25,26,27). The van der Waals surface area contributed by atoms with Crippen molar-refractivity contribution in [2.45, 2.75) is 45.1 Å². The zero-order valence-corrected chi connectivity index (χ0v) is 20.0. The van der Waals surface area contributed by atoms with E-state index < -0.39 is 0 Å². The average Bonchev–Trinajstić information content (AvgIpc) is 3.07. The van der Waals surface area contributed by atoms with E-state index in [1.165, 1.54) is 5.56 Å². The van der Waals surface area contributed by atoms with Crippen molar-refractivity contribution in [2.24, 2.45) is 0 Å². The molecular weight excluding hydrogens is 403 g/mol. The maximum absolute atomic E-state index is 6.23. The first-order valence-corrected chi connectivity index (χ1v) is 11.3. The van der Waals surface area contributed by atoms with Gasteiger partial charge in [-0.15, -0.1) is 16.4 Å². The summed E-state index contributed by atoms with van der Waals surface area (Å²) in [4.78, 5) is 9.91. The lowest BCUT2D eigenvalue weighted by atomic mass is 9.52. The predicted molar refractivity (Wildman–Crippen MR) is 136 cm³/mol. The Bertz CT molecular complexity index is 1250. The van der Waals surface area contributed by atoms with Gasteiger partial charge < -0.3 is 10.1 Å². The second-order valence-corrected chi connectivity index (χ2v) is 10.4. The van der Waals surface area contributed by atoms with Gasteiger partial charge in [-0.05, 0) is 49.7 Å². The Hall–Kier alpha value is -2.45. The van der Waals surface area contributed by atoms with Gasteiger partial charge in [0.2, 0.25) is 0 Å². The smallest absolute Gasteiger partial charge is 0.149 e. The van der Waals surface area contributed by atoms with Crippen LogP contribution in [0.5, 0.6) is 0 Å². The quantitative estimate of drug-likeness (QED) is 0.470. The minimum Gasteiger partial charge on any atom is -0.390 e. The summed E-state index contributed by atoms with van der Waals surface area (Å²) in [6.07, 6.45) is 1.61. The van der Waals surface area contributed by atoms with Gasteiger partial charge in [-0.1, -0.05) is 24.3 Å². The van der Waals surface area contributed by atoms with E-state index in [2.05, 4.69) is 94.1 Å². The normalized spacial score (nSPS) is 12.5. The Morgan fingerprint density at radius 1 is 1.03 bits per heavy atom. The van der Waals surface area contributed by atoms with Gasteiger partial charge in [0.05, 0.1) is 21.5 Å². The molecule has 0 saturated heterocycles. The highest BCUT2D eigenvalue weighted by atomic mass is 32.1. The first-order chi connectivity index (χ1) is 14.5. The number of fused-ring (bicyclic) bond motifs is 3. The van der Waals surface area contributed by atoms with E-state index in [1.807, 2.05) is 6.92 Å². The van der Waals surface area contributed by atoms with Gasteiger partial charge in [0, 0.05) is 11.9 Å². The van der Waals surface area contributed by atoms with Crippen LogP contribution >= 0.6 is 11.3 Å². The summed E-state index contributed by atoms with van der Waals surface area (Å²) < 4.78 is 7.24. The summed E-state index contributed by atoms with van der Waals surface area (Å²) in [6, 6.07) is 8.55. The third-order valence-corrected chi connectivity index (χ3v) is 6.40. The highest BCUT2D eigenvalue weighted by Gasteiger charge is 2.27. The van der Waals surface area contributed by atoms with Gasteiger partial charge in [-0.25, -0.2) is 9.97 Å². The number of anilines is 1. The van der Waals surface area contributed by atoms with Crippen LogP contribution in [0.25, 0.3) is 20.4 Å². The second kappa shape index (κ2) is 7.91. The summed E-state index contributed by atoms with van der Waals surface area (Å²) in [5, 5.41) is 13.0. The molecule has 0 aliphatic rings. The molecular formula is C21H26B3N5OS. The van der Waals surface area contributed by atoms with E-state index in [-0.39, 0.29) is 10.9 Å². The number of benzene rings is 1. The fourth-order valence-electron chi connectivity index (χ4n) is 3.84. The van der Waals surface area contributed by atoms with Crippen molar-refractivity contribution in [3.8, 4) is 0 Å². The van der Waals surface area contributed by atoms with Crippen LogP contribution in [0.4, 0.5) is 5.82 Å². The molecule has 1 N–H and O–H groups in total. The molecule has 3 heterocycles. The lowest BCUT2D eigenvalue weighted by Crippen LogP contribution is -2.41. The summed E-state index contributed by atoms with van der Waals surface area (Å²) in [5.41, 5.74) is 4.97. The Morgan fingerprint density at radius 2 is 1.74 bits per heavy atom. The van der Waals surface area contributed by atoms with Crippen LogP contribution in [-0.2, 0) is 16.9 Å². The van der Waals surface area contributed by atoms with Crippen molar-refractivity contribution in [1.82, 2.24) is 20.2 Å². The molecule has 0 unspecified atom stereocenters. The molecule has 0 aliphatic heterocycles. The summed E-state index contributed by atoms with van der Waals surface area (Å²) in [5.74, 6) is 0.825. The molecule has 4 aromatic rings. The van der Waals surface area contributed by atoms with Crippen molar-refractivity contribution in [3.05, 3.63) is 53.0 Å². The van der Waals surface area contributed by atoms with Crippen LogP contribution in [0, 0.1) is 13.8 Å². The largest absolute Gasteiger partial charge is 0.390 e. The lowest BCUT2D eigenvalue weighted by Gasteiger charge is -2.35. The molecule has 156 valence electrons. The molecule has 0 amide bonds. The number of aromatic nitrogens is 4. The minimum absolute atomic E-state index is 0.201. The van der Waals surface area contributed by atoms with Crippen molar-refractivity contribution in [2.75, 3.05) is 5.32 Å². The van der Waals surface area contributed by atoms with Gasteiger partial charge >= 0.3 is 0 Å². The lowest BCUT2D eigenvalue weighted by molar-refractivity contribution is -0.0286. The fourth-order valence-corrected chi connectivity index (χ4v) is 4.94. The number of rotatable bonds is 6. The first-order valence-electron chi connectivity index (χ1n) is 10.5. The van der Waals surface area contributed by atoms with E-state index in [4.69, 9.17) is 4.74 Å². The summed E-state index contributed by atoms with van der Waals surface area (Å²) >= 11 is 1.58. The third-order valence-electron chi connectivity index (χ3n) is 5.33. The molecule has 0 spiro atoms. The average molecular weight is 429 g/mol. The molecule has 10 heteroatoms. The maximum atomic E-state index is 6.23. The number of hydrogen-bond donors (Lipinski definition) is 1. The molecule has 3 aromatic heterocycles. The number of nitrogens with zero attached hydrogens (tertiary/aromatic N) is 4. The highest BCUT2D eigenvalue weighted by Crippen LogP contribution is 2.36. The maximum Gasteiger partial charge on any atom is 0.149 e. The van der Waals surface area contributed by atoms with Crippen molar-refractivity contribution in [1.29, 1.82) is 0 Å². The van der Waals surface area contributed by atoms with Gasteiger partial charge in [-0.3, -0.25) is 0 Å². The third kappa shape index (κ3) is 4.45. The van der Waals surface area contributed by atoms with Crippen molar-refractivity contribution < 1.29 is 4.74 Å². The predicted octanol–water partition coefficient (Wildman–Crippen LogP) is 1.63. The number of nitrogens with one attached hydrogen (secondary N) is 1. The van der Waals surface area contributed by atoms with Crippen LogP contribution in [-0.4, -0.2) is 49.0 Å². The zero-order valence-electron chi connectivity index (χ0n) is 19.2. The first kappa shape index (κ1) is 21.8. The van der Waals surface area contributed by atoms with E-state index in [0.717, 1.165) is 43.1 Å². The zero-order chi connectivity index (χ0) is 22.4. The Morgan fingerprint density at radius 3 is 2.42 bits per heavy atom. The highest BCUT2D eigenvalue weighted by molar-refractivity contribution is 7.25. The van der Waals surface area contributed by atoms with E-state index in [0.29, 0.717) is 6.54 Å². The Balaban J connectivity index is 1.56. The topological polar surface area (TPSA) is 72.8 Å². The molecule has 0 radical (unpaired) electrons. The molecule has 0 aliphatic carbocycles. The summed E-state index contributed by atoms with van der Waals surface area (Å²) in [6.45, 7) is 8.93. The van der Waals surface area contributed by atoms with Crippen LogP contribution < -0.4 is 5.32 Å². The van der Waals surface area contributed by atoms with Gasteiger partial charge in [-0.2, -0.15) is 5.10 Å². The van der Waals surface area contributed by atoms with Crippen LogP contribution in [0.1, 0.15) is 36.2 Å². The summed E-state index contributed by atoms with van der Waals surface area (Å²) in [7, 11) is 6.24. The fraction of sp³-hybridized carbons (Fsp3) is 0.333. The molecule has 6 nitrogen and oxygen atoms in total. The molecule has 0 bridgehead atoms. The number of aryl methyl sites for hydroxylation is 2. The van der Waals surface area contributed by atoms with Crippen molar-refractivity contribution >= 4 is 61.1 Å². The molecule has 0 saturated carbocycles. The van der Waals surface area contributed by atoms with E-state index in [9.17, 15) is 0 Å². The van der Waals surface area contributed by atoms with Crippen molar-refractivity contribution in [3.63, 3.8) is 0 Å². The molecule has 31 heavy (non-hydrogen) atoms. The number of thiophene rings is 1. The van der Waals surface area contributed by atoms with Crippen LogP contribution in [0.15, 0.2) is 30.6 Å². The SMILES string of the molecule is BC(B)(B)OC(C)(C)c1ccc(CNc2ncnc3c2sc2nnc(C)c(C)c23)cc1. The van der Waals surface area contributed by atoms with E-state index in [1.54, 1.807) is 17.7 Å². The number of hydrogen-bond acceptors (Lipinski definition) is 7. The second-order valence-electron chi connectivity index (χ2n) is 9.37. The van der Waals surface area contributed by atoms with E-state index >= 15 is 0 Å². The minimum atomic E-state index is -0.350. The van der Waals surface area contributed by atoms with Crippen LogP contribution in [0.3, 0.4) is 0 Å². The Labute approximate surface area is 189 Å². The van der Waals surface area contributed by atoms with Gasteiger partial charge in [0.25, 0.3) is 0 Å². The monoisotopic (exact) mass is 429 g/mol. The van der Waals surface area contributed by atoms with Crippen LogP contribution in [0.2, 0.25) is 0 Å². The Kier molecular flexibility index (Phi) is 5.56. The van der Waals surface area contributed by atoms with Gasteiger partial charge in [0.15, 0.2) is 0 Å². The molecule has 0 atom stereocenters. The van der Waals surface area contributed by atoms with Gasteiger partial charge in [0.1, 0.15) is 40.5 Å². The molecule has 0 fully saturated rings. The number of ether oxygens (including phenoxy) is 1.